The number of nitrogens with one attached hydrogen (secondary N) is 1. The third-order valence-corrected chi connectivity index (χ3v) is 9.54. The molecule has 3 atom stereocenters. The third kappa shape index (κ3) is 33.1. The molecule has 0 saturated heterocycles. The number of aliphatic hydroxyl groups is 3. The quantitative estimate of drug-likeness (QED) is 0.0393. The number of carbonyl (C=O) groups is 1. The Morgan fingerprint density at radius 2 is 0.851 bits per heavy atom. The predicted octanol–water partition coefficient (Wildman–Crippen LogP) is 11.4. The van der Waals surface area contributed by atoms with Crippen molar-refractivity contribution in [3.8, 4) is 0 Å². The first-order valence-corrected chi connectivity index (χ1v) is 20.7. The van der Waals surface area contributed by atoms with Gasteiger partial charge in [-0.15, -0.1) is 0 Å². The topological polar surface area (TPSA) is 89.8 Å². The molecule has 278 valence electrons. The summed E-state index contributed by atoms with van der Waals surface area (Å²) in [6.45, 7) is 4.17. The Morgan fingerprint density at radius 1 is 0.511 bits per heavy atom. The number of carbonyl (C=O) groups excluding carboxylic acids is 1. The van der Waals surface area contributed by atoms with Gasteiger partial charge in [0, 0.05) is 0 Å². The summed E-state index contributed by atoms with van der Waals surface area (Å²) in [5.74, 6) is -0.508. The van der Waals surface area contributed by atoms with Gasteiger partial charge in [0.15, 0.2) is 0 Å². The molecule has 0 aliphatic rings. The van der Waals surface area contributed by atoms with Gasteiger partial charge >= 0.3 is 0 Å². The van der Waals surface area contributed by atoms with Crippen molar-refractivity contribution in [2.45, 2.75) is 231 Å². The van der Waals surface area contributed by atoms with E-state index in [0.717, 1.165) is 32.1 Å². The van der Waals surface area contributed by atoms with Gasteiger partial charge in [0.2, 0.25) is 5.91 Å². The van der Waals surface area contributed by atoms with E-state index < -0.39 is 24.2 Å². The van der Waals surface area contributed by atoms with Crippen molar-refractivity contribution in [3.63, 3.8) is 0 Å². The minimum Gasteiger partial charge on any atom is -0.394 e. The Labute approximate surface area is 292 Å². The first-order chi connectivity index (χ1) is 23.1. The SMILES string of the molecule is CCCCCCCCCCCC/C=C/C(O)C(CO)NC(=O)C(O)CCCCCCCC/C=C\CCCCCCCCCCCCC. The van der Waals surface area contributed by atoms with Crippen molar-refractivity contribution < 1.29 is 20.1 Å². The summed E-state index contributed by atoms with van der Waals surface area (Å²) in [6.07, 6.45) is 44.9. The fraction of sp³-hybridized carbons (Fsp3) is 0.881. The van der Waals surface area contributed by atoms with Crippen LogP contribution in [0.25, 0.3) is 0 Å². The molecule has 5 nitrogen and oxygen atoms in total. The predicted molar refractivity (Wildman–Crippen MR) is 204 cm³/mol. The molecule has 0 bridgehead atoms. The van der Waals surface area contributed by atoms with Crippen LogP contribution in [0.15, 0.2) is 24.3 Å². The lowest BCUT2D eigenvalue weighted by atomic mass is 10.0. The van der Waals surface area contributed by atoms with Gasteiger partial charge in [0.25, 0.3) is 0 Å². The molecule has 0 aromatic rings. The summed E-state index contributed by atoms with van der Waals surface area (Å²) < 4.78 is 0. The zero-order valence-corrected chi connectivity index (χ0v) is 31.4. The fourth-order valence-electron chi connectivity index (χ4n) is 6.24. The van der Waals surface area contributed by atoms with E-state index in [1.54, 1.807) is 6.08 Å². The highest BCUT2D eigenvalue weighted by molar-refractivity contribution is 5.80. The molecule has 0 aromatic heterocycles. The van der Waals surface area contributed by atoms with E-state index in [9.17, 15) is 20.1 Å². The highest BCUT2D eigenvalue weighted by Gasteiger charge is 2.22. The van der Waals surface area contributed by atoms with Gasteiger partial charge in [-0.05, 0) is 44.9 Å². The molecule has 5 heteroatoms. The fourth-order valence-corrected chi connectivity index (χ4v) is 6.24. The first kappa shape index (κ1) is 45.8. The largest absolute Gasteiger partial charge is 0.394 e. The minimum atomic E-state index is -1.10. The molecule has 0 saturated carbocycles. The van der Waals surface area contributed by atoms with Crippen LogP contribution in [0.2, 0.25) is 0 Å². The molecular formula is C42H81NO4. The lowest BCUT2D eigenvalue weighted by molar-refractivity contribution is -0.131. The van der Waals surface area contributed by atoms with Gasteiger partial charge in [-0.2, -0.15) is 0 Å². The standard InChI is InChI=1S/C42H81NO4/c1-3-5-7-9-11-13-15-17-18-19-20-21-22-23-24-25-27-29-31-33-35-37-41(46)42(47)43-39(38-44)40(45)36-34-32-30-28-26-16-14-12-10-8-6-4-2/h22-23,34,36,39-41,44-46H,3-21,24-33,35,37-38H2,1-2H3,(H,43,47)/b23-22-,36-34+. The second-order valence-corrected chi connectivity index (χ2v) is 14.2. The number of aliphatic hydroxyl groups excluding tert-OH is 3. The smallest absolute Gasteiger partial charge is 0.249 e. The van der Waals surface area contributed by atoms with Gasteiger partial charge in [-0.1, -0.05) is 192 Å². The van der Waals surface area contributed by atoms with E-state index in [2.05, 4.69) is 31.3 Å². The summed E-state index contributed by atoms with van der Waals surface area (Å²) >= 11 is 0. The van der Waals surface area contributed by atoms with Gasteiger partial charge in [0.1, 0.15) is 6.10 Å². The molecule has 0 aliphatic heterocycles. The van der Waals surface area contributed by atoms with Gasteiger partial charge in [-0.3, -0.25) is 4.79 Å². The van der Waals surface area contributed by atoms with E-state index in [1.807, 2.05) is 6.08 Å². The van der Waals surface area contributed by atoms with Gasteiger partial charge in [-0.25, -0.2) is 0 Å². The summed E-state index contributed by atoms with van der Waals surface area (Å²) in [6, 6.07) is -0.796. The maximum Gasteiger partial charge on any atom is 0.249 e. The molecule has 0 aromatic carbocycles. The average molecular weight is 664 g/mol. The van der Waals surface area contributed by atoms with Crippen molar-refractivity contribution in [2.75, 3.05) is 6.61 Å². The number of rotatable bonds is 37. The Balaban J connectivity index is 3.67. The third-order valence-electron chi connectivity index (χ3n) is 9.54. The molecule has 0 heterocycles. The van der Waals surface area contributed by atoms with Crippen molar-refractivity contribution in [1.29, 1.82) is 0 Å². The molecule has 1 amide bonds. The Kier molecular flexibility index (Phi) is 36.7. The van der Waals surface area contributed by atoms with Gasteiger partial charge < -0.3 is 20.6 Å². The van der Waals surface area contributed by atoms with E-state index in [4.69, 9.17) is 0 Å². The van der Waals surface area contributed by atoms with Crippen LogP contribution in [-0.2, 0) is 4.79 Å². The molecule has 0 aliphatic carbocycles. The molecule has 47 heavy (non-hydrogen) atoms. The Morgan fingerprint density at radius 3 is 1.23 bits per heavy atom. The number of hydrogen-bond donors (Lipinski definition) is 4. The molecule has 0 spiro atoms. The van der Waals surface area contributed by atoms with Crippen LogP contribution < -0.4 is 5.32 Å². The second kappa shape index (κ2) is 37.6. The zero-order valence-electron chi connectivity index (χ0n) is 31.4. The van der Waals surface area contributed by atoms with Crippen molar-refractivity contribution >= 4 is 5.91 Å². The molecule has 3 unspecified atom stereocenters. The summed E-state index contributed by atoms with van der Waals surface area (Å²) in [7, 11) is 0. The van der Waals surface area contributed by atoms with Gasteiger partial charge in [0.05, 0.1) is 18.8 Å². The number of allylic oxidation sites excluding steroid dienone is 3. The first-order valence-electron chi connectivity index (χ1n) is 20.7. The summed E-state index contributed by atoms with van der Waals surface area (Å²) in [5.41, 5.74) is 0. The van der Waals surface area contributed by atoms with Crippen molar-refractivity contribution in [3.05, 3.63) is 24.3 Å². The number of unbranched alkanes of at least 4 members (excludes halogenated alkanes) is 27. The van der Waals surface area contributed by atoms with Crippen LogP contribution in [0.3, 0.4) is 0 Å². The molecule has 0 fully saturated rings. The molecule has 0 rings (SSSR count). The number of amides is 1. The summed E-state index contributed by atoms with van der Waals surface area (Å²) in [5, 5.41) is 33.0. The van der Waals surface area contributed by atoms with Crippen LogP contribution in [0, 0.1) is 0 Å². The highest BCUT2D eigenvalue weighted by atomic mass is 16.3. The monoisotopic (exact) mass is 664 g/mol. The van der Waals surface area contributed by atoms with Crippen LogP contribution >= 0.6 is 0 Å². The maximum absolute atomic E-state index is 12.4. The normalized spacial score (nSPS) is 13.9. The molecule has 0 radical (unpaired) electrons. The van der Waals surface area contributed by atoms with E-state index in [1.165, 1.54) is 161 Å². The highest BCUT2D eigenvalue weighted by Crippen LogP contribution is 2.14. The van der Waals surface area contributed by atoms with E-state index in [-0.39, 0.29) is 6.61 Å². The lowest BCUT2D eigenvalue weighted by Gasteiger charge is -2.21. The second-order valence-electron chi connectivity index (χ2n) is 14.2. The summed E-state index contributed by atoms with van der Waals surface area (Å²) in [4.78, 5) is 12.4. The Hall–Kier alpha value is -1.17. The van der Waals surface area contributed by atoms with Crippen LogP contribution in [0.5, 0.6) is 0 Å². The van der Waals surface area contributed by atoms with Crippen LogP contribution in [0.1, 0.15) is 213 Å². The van der Waals surface area contributed by atoms with Crippen molar-refractivity contribution in [2.24, 2.45) is 0 Å². The van der Waals surface area contributed by atoms with E-state index in [0.29, 0.717) is 6.42 Å². The van der Waals surface area contributed by atoms with Crippen molar-refractivity contribution in [1.82, 2.24) is 5.32 Å². The van der Waals surface area contributed by atoms with Crippen LogP contribution in [-0.4, -0.2) is 46.1 Å². The zero-order chi connectivity index (χ0) is 34.5. The number of hydrogen-bond acceptors (Lipinski definition) is 4. The van der Waals surface area contributed by atoms with Crippen LogP contribution in [0.4, 0.5) is 0 Å². The Bertz CT molecular complexity index is 694. The maximum atomic E-state index is 12.4. The molecular weight excluding hydrogens is 582 g/mol. The van der Waals surface area contributed by atoms with E-state index >= 15 is 0 Å². The minimum absolute atomic E-state index is 0.364. The average Bonchev–Trinajstić information content (AvgIpc) is 3.07. The molecule has 4 N–H and O–H groups in total. The lowest BCUT2D eigenvalue weighted by Crippen LogP contribution is -2.48.